The number of anilines is 3. The van der Waals surface area contributed by atoms with Gasteiger partial charge in [-0.05, 0) is 49.6 Å². The summed E-state index contributed by atoms with van der Waals surface area (Å²) in [6.45, 7) is 1.63. The molecule has 4 aromatic rings. The Morgan fingerprint density at radius 1 is 0.947 bits per heavy atom. The van der Waals surface area contributed by atoms with Crippen LogP contribution in [0.1, 0.15) is 19.3 Å². The Kier molecular flexibility index (Phi) is 7.21. The Morgan fingerprint density at radius 3 is 2.37 bits per heavy atom. The highest BCUT2D eigenvalue weighted by Crippen LogP contribution is 2.42. The van der Waals surface area contributed by atoms with E-state index in [4.69, 9.17) is 4.98 Å². The molecule has 0 atom stereocenters. The van der Waals surface area contributed by atoms with Crippen molar-refractivity contribution in [2.45, 2.75) is 24.2 Å². The third-order valence-electron chi connectivity index (χ3n) is 6.04. The van der Waals surface area contributed by atoms with Gasteiger partial charge in [-0.3, -0.25) is 4.72 Å². The maximum atomic E-state index is 15.9. The van der Waals surface area contributed by atoms with Crippen molar-refractivity contribution in [3.63, 3.8) is 0 Å². The predicted molar refractivity (Wildman–Crippen MR) is 141 cm³/mol. The van der Waals surface area contributed by atoms with E-state index in [0.29, 0.717) is 21.7 Å². The summed E-state index contributed by atoms with van der Waals surface area (Å²) in [4.78, 5) is 14.9. The summed E-state index contributed by atoms with van der Waals surface area (Å²) < 4.78 is 71.9. The first-order valence-corrected chi connectivity index (χ1v) is 14.1. The van der Waals surface area contributed by atoms with Crippen molar-refractivity contribution < 1.29 is 21.6 Å². The Hall–Kier alpha value is -3.71. The minimum atomic E-state index is -4.77. The van der Waals surface area contributed by atoms with E-state index in [-0.39, 0.29) is 11.3 Å². The zero-order chi connectivity index (χ0) is 26.9. The smallest absolute Gasteiger partial charge is 0.267 e. The molecule has 0 saturated carbocycles. The molecular weight excluding hydrogens is 537 g/mol. The molecule has 1 fully saturated rings. The molecule has 1 aliphatic heterocycles. The molecule has 38 heavy (non-hydrogen) atoms. The van der Waals surface area contributed by atoms with Crippen LogP contribution in [0.5, 0.6) is 0 Å². The lowest BCUT2D eigenvalue weighted by Crippen LogP contribution is -2.29. The largest absolute Gasteiger partial charge is 0.357 e. The third kappa shape index (κ3) is 5.03. The van der Waals surface area contributed by atoms with Gasteiger partial charge in [0, 0.05) is 31.9 Å². The van der Waals surface area contributed by atoms with Crippen molar-refractivity contribution in [3.8, 4) is 21.8 Å². The number of piperidine rings is 1. The summed E-state index contributed by atoms with van der Waals surface area (Å²) in [5, 5.41) is 3.57. The van der Waals surface area contributed by atoms with Crippen LogP contribution in [0.3, 0.4) is 0 Å². The van der Waals surface area contributed by atoms with Gasteiger partial charge in [0.05, 0.1) is 22.0 Å². The summed E-state index contributed by atoms with van der Waals surface area (Å²) in [6, 6.07) is 8.44. The predicted octanol–water partition coefficient (Wildman–Crippen LogP) is 5.52. The monoisotopic (exact) mass is 560 g/mol. The molecule has 0 bridgehead atoms. The lowest BCUT2D eigenvalue weighted by atomic mass is 10.1. The molecule has 0 unspecified atom stereocenters. The molecule has 198 valence electrons. The van der Waals surface area contributed by atoms with Gasteiger partial charge in [0.15, 0.2) is 15.8 Å². The molecule has 0 aliphatic carbocycles. The summed E-state index contributed by atoms with van der Waals surface area (Å²) in [7, 11) is -3.09. The number of halogens is 3. The summed E-state index contributed by atoms with van der Waals surface area (Å²) in [5.74, 6) is -3.14. The number of hydrogen-bond donors (Lipinski definition) is 2. The highest BCUT2D eigenvalue weighted by Gasteiger charge is 2.28. The number of rotatable bonds is 7. The number of aromatic nitrogens is 3. The molecule has 0 spiro atoms. The van der Waals surface area contributed by atoms with Crippen LogP contribution in [0.15, 0.2) is 53.6 Å². The summed E-state index contributed by atoms with van der Waals surface area (Å²) >= 11 is 1.35. The maximum Gasteiger partial charge on any atom is 0.267 e. The second kappa shape index (κ2) is 10.6. The molecule has 8 nitrogen and oxygen atoms in total. The first kappa shape index (κ1) is 25.9. The van der Waals surface area contributed by atoms with E-state index in [2.05, 4.69) is 20.2 Å². The van der Waals surface area contributed by atoms with E-state index < -0.39 is 38.1 Å². The number of benzene rings is 2. The molecule has 13 heteroatoms. The number of nitrogens with zero attached hydrogens (tertiary/aromatic N) is 4. The van der Waals surface area contributed by atoms with Crippen LogP contribution >= 0.6 is 11.3 Å². The highest BCUT2D eigenvalue weighted by atomic mass is 32.2. The zero-order valence-corrected chi connectivity index (χ0v) is 21.8. The van der Waals surface area contributed by atoms with E-state index in [1.54, 1.807) is 19.3 Å². The van der Waals surface area contributed by atoms with Crippen molar-refractivity contribution in [3.05, 3.63) is 66.1 Å². The van der Waals surface area contributed by atoms with Gasteiger partial charge >= 0.3 is 0 Å². The van der Waals surface area contributed by atoms with Crippen LogP contribution in [0.25, 0.3) is 21.8 Å². The minimum absolute atomic E-state index is 0.0123. The van der Waals surface area contributed by atoms with E-state index >= 15 is 4.39 Å². The van der Waals surface area contributed by atoms with E-state index in [1.807, 2.05) is 4.72 Å². The minimum Gasteiger partial charge on any atom is -0.357 e. The van der Waals surface area contributed by atoms with Gasteiger partial charge in [-0.25, -0.2) is 36.5 Å². The van der Waals surface area contributed by atoms with Crippen molar-refractivity contribution in [1.82, 2.24) is 15.0 Å². The van der Waals surface area contributed by atoms with Crippen LogP contribution in [-0.4, -0.2) is 43.5 Å². The lowest BCUT2D eigenvalue weighted by Gasteiger charge is -2.25. The van der Waals surface area contributed by atoms with Crippen molar-refractivity contribution >= 4 is 38.1 Å². The zero-order valence-electron chi connectivity index (χ0n) is 20.2. The van der Waals surface area contributed by atoms with Gasteiger partial charge in [-0.1, -0.05) is 23.5 Å². The van der Waals surface area contributed by atoms with Crippen LogP contribution in [-0.2, 0) is 10.0 Å². The second-order valence-corrected chi connectivity index (χ2v) is 11.2. The Balaban J connectivity index is 1.60. The average Bonchev–Trinajstić information content (AvgIpc) is 3.35. The lowest BCUT2D eigenvalue weighted by molar-refractivity contribution is 0.521. The Morgan fingerprint density at radius 2 is 1.66 bits per heavy atom. The average molecular weight is 561 g/mol. The van der Waals surface area contributed by atoms with Gasteiger partial charge in [0.25, 0.3) is 10.0 Å². The number of sulfonamides is 1. The van der Waals surface area contributed by atoms with Crippen LogP contribution in [0, 0.1) is 17.5 Å². The fraction of sp³-hybridized carbons (Fsp3) is 0.240. The second-order valence-electron chi connectivity index (χ2n) is 8.56. The first-order chi connectivity index (χ1) is 18.3. The van der Waals surface area contributed by atoms with Crippen LogP contribution in [0.2, 0.25) is 0 Å². The van der Waals surface area contributed by atoms with Gasteiger partial charge in [-0.2, -0.15) is 0 Å². The molecule has 5 rings (SSSR count). The van der Waals surface area contributed by atoms with Crippen molar-refractivity contribution in [2.75, 3.05) is 35.1 Å². The molecule has 1 aliphatic rings. The van der Waals surface area contributed by atoms with Gasteiger partial charge in [-0.15, -0.1) is 0 Å². The Bertz CT molecular complexity index is 1570. The molecular formula is C25H23F3N6O2S2. The normalized spacial score (nSPS) is 13.9. The number of hydrogen-bond acceptors (Lipinski definition) is 8. The fourth-order valence-corrected chi connectivity index (χ4v) is 6.52. The molecule has 0 amide bonds. The van der Waals surface area contributed by atoms with Gasteiger partial charge in [0.2, 0.25) is 5.95 Å². The van der Waals surface area contributed by atoms with Crippen LogP contribution in [0.4, 0.5) is 29.9 Å². The van der Waals surface area contributed by atoms with E-state index in [9.17, 15) is 17.2 Å². The van der Waals surface area contributed by atoms with E-state index in [1.165, 1.54) is 29.5 Å². The highest BCUT2D eigenvalue weighted by molar-refractivity contribution is 7.92. The first-order valence-electron chi connectivity index (χ1n) is 11.8. The molecule has 2 aromatic heterocycles. The fourth-order valence-electron chi connectivity index (χ4n) is 4.22. The van der Waals surface area contributed by atoms with Gasteiger partial charge < -0.3 is 10.2 Å². The standard InChI is InChI=1S/C25H23F3N6O2S2/c1-29-24-30-12-11-19(31-24)22-21(32-25(37-22)34-13-3-2-4-14-34)15-7-5-10-18(20(15)28)33-38(35,36)23-16(26)8-6-9-17(23)27/h5-12,33H,2-4,13-14H2,1H3,(H,29,30,31). The summed E-state index contributed by atoms with van der Waals surface area (Å²) in [5.41, 5.74) is 0.325. The molecule has 0 radical (unpaired) electrons. The molecule has 2 N–H and O–H groups in total. The number of nitrogens with one attached hydrogen (secondary N) is 2. The topological polar surface area (TPSA) is 100 Å². The maximum absolute atomic E-state index is 15.9. The Labute approximate surface area is 221 Å². The SMILES string of the molecule is CNc1nccc(-c2sc(N3CCCCC3)nc2-c2cccc(NS(=O)(=O)c3c(F)cccc3F)c2F)n1. The number of thiazole rings is 1. The van der Waals surface area contributed by atoms with Gasteiger partial charge in [0.1, 0.15) is 11.6 Å². The molecule has 1 saturated heterocycles. The summed E-state index contributed by atoms with van der Waals surface area (Å²) in [6.07, 6.45) is 4.72. The molecule has 2 aromatic carbocycles. The quantitative estimate of drug-likeness (QED) is 0.307. The molecule has 3 heterocycles. The third-order valence-corrected chi connectivity index (χ3v) is 8.59. The van der Waals surface area contributed by atoms with Crippen LogP contribution < -0.4 is 14.9 Å². The van der Waals surface area contributed by atoms with E-state index in [0.717, 1.165) is 50.6 Å². The van der Waals surface area contributed by atoms with Crippen molar-refractivity contribution in [1.29, 1.82) is 0 Å². The van der Waals surface area contributed by atoms with Crippen molar-refractivity contribution in [2.24, 2.45) is 0 Å².